The lowest BCUT2D eigenvalue weighted by Gasteiger charge is -2.25. The van der Waals surface area contributed by atoms with Crippen molar-refractivity contribution in [3.05, 3.63) is 29.3 Å². The fraction of sp³-hybridized carbons (Fsp3) is 0.455. The molecule has 5 heteroatoms. The van der Waals surface area contributed by atoms with Crippen LogP contribution in [0.4, 0.5) is 0 Å². The highest BCUT2D eigenvalue weighted by molar-refractivity contribution is 8.12. The Morgan fingerprint density at radius 1 is 1.31 bits per heavy atom. The molecule has 16 heavy (non-hydrogen) atoms. The lowest BCUT2D eigenvalue weighted by atomic mass is 10.1. The predicted octanol–water partition coefficient (Wildman–Crippen LogP) is 2.74. The van der Waals surface area contributed by atoms with Crippen molar-refractivity contribution in [1.82, 2.24) is 0 Å². The van der Waals surface area contributed by atoms with Gasteiger partial charge in [0.1, 0.15) is 4.58 Å². The smallest absolute Gasteiger partial charge is 0.166 e. The number of rotatable bonds is 2. The van der Waals surface area contributed by atoms with Crippen molar-refractivity contribution in [2.45, 2.75) is 15.9 Å². The van der Waals surface area contributed by atoms with Crippen LogP contribution >= 0.6 is 23.5 Å². The SMILES string of the molecule is CSc1cccc2c1CCS(=O)(=O)C2SC. The third kappa shape index (κ3) is 2.00. The van der Waals surface area contributed by atoms with Crippen LogP contribution in [0.3, 0.4) is 0 Å². The van der Waals surface area contributed by atoms with E-state index < -0.39 is 9.84 Å². The largest absolute Gasteiger partial charge is 0.227 e. The number of hydrogen-bond donors (Lipinski definition) is 0. The normalized spacial score (nSPS) is 22.8. The second-order valence-electron chi connectivity index (χ2n) is 3.71. The maximum Gasteiger partial charge on any atom is 0.166 e. The van der Waals surface area contributed by atoms with Crippen molar-refractivity contribution in [3.63, 3.8) is 0 Å². The zero-order valence-electron chi connectivity index (χ0n) is 9.26. The van der Waals surface area contributed by atoms with Crippen LogP contribution in [0.1, 0.15) is 15.7 Å². The fourth-order valence-corrected chi connectivity index (χ4v) is 6.01. The van der Waals surface area contributed by atoms with Gasteiger partial charge in [-0.1, -0.05) is 12.1 Å². The summed E-state index contributed by atoms with van der Waals surface area (Å²) in [6, 6.07) is 5.97. The van der Waals surface area contributed by atoms with E-state index in [0.717, 1.165) is 5.56 Å². The molecule has 0 aromatic heterocycles. The first-order chi connectivity index (χ1) is 7.60. The Hall–Kier alpha value is -0.130. The standard InChI is InChI=1S/C11H14O2S3/c1-14-10-5-3-4-9-8(10)6-7-16(12,13)11(9)15-2/h3-5,11H,6-7H2,1-2H3. The van der Waals surface area contributed by atoms with Crippen molar-refractivity contribution in [1.29, 1.82) is 0 Å². The van der Waals surface area contributed by atoms with Gasteiger partial charge in [0, 0.05) is 4.90 Å². The van der Waals surface area contributed by atoms with Gasteiger partial charge in [-0.15, -0.1) is 23.5 Å². The highest BCUT2D eigenvalue weighted by Crippen LogP contribution is 2.41. The van der Waals surface area contributed by atoms with Gasteiger partial charge in [-0.25, -0.2) is 8.42 Å². The van der Waals surface area contributed by atoms with E-state index in [1.807, 2.05) is 24.6 Å². The molecule has 0 amide bonds. The quantitative estimate of drug-likeness (QED) is 0.777. The second-order valence-corrected chi connectivity index (χ2v) is 8.01. The van der Waals surface area contributed by atoms with Gasteiger partial charge in [0.25, 0.3) is 0 Å². The first-order valence-electron chi connectivity index (χ1n) is 5.00. The van der Waals surface area contributed by atoms with Crippen LogP contribution in [0.5, 0.6) is 0 Å². The van der Waals surface area contributed by atoms with E-state index in [4.69, 9.17) is 0 Å². The van der Waals surface area contributed by atoms with Gasteiger partial charge in [0.05, 0.1) is 5.75 Å². The summed E-state index contributed by atoms with van der Waals surface area (Å²) >= 11 is 3.11. The van der Waals surface area contributed by atoms with Crippen LogP contribution in [-0.4, -0.2) is 26.7 Å². The van der Waals surface area contributed by atoms with Crippen molar-refractivity contribution >= 4 is 33.4 Å². The molecule has 1 aromatic rings. The zero-order chi connectivity index (χ0) is 11.8. The van der Waals surface area contributed by atoms with Gasteiger partial charge in [-0.05, 0) is 36.1 Å². The van der Waals surface area contributed by atoms with Crippen LogP contribution in [0.2, 0.25) is 0 Å². The number of sulfone groups is 1. The molecule has 1 aliphatic heterocycles. The molecule has 1 aromatic carbocycles. The van der Waals surface area contributed by atoms with E-state index in [2.05, 4.69) is 6.07 Å². The van der Waals surface area contributed by atoms with Gasteiger partial charge in [0.15, 0.2) is 9.84 Å². The molecule has 1 aliphatic rings. The molecule has 2 rings (SSSR count). The fourth-order valence-electron chi connectivity index (χ4n) is 2.08. The summed E-state index contributed by atoms with van der Waals surface area (Å²) in [7, 11) is -2.96. The Balaban J connectivity index is 2.59. The van der Waals surface area contributed by atoms with Gasteiger partial charge >= 0.3 is 0 Å². The summed E-state index contributed by atoms with van der Waals surface area (Å²) in [4.78, 5) is 1.21. The van der Waals surface area contributed by atoms with Crippen LogP contribution < -0.4 is 0 Å². The highest BCUT2D eigenvalue weighted by atomic mass is 32.3. The van der Waals surface area contributed by atoms with Crippen LogP contribution in [0.25, 0.3) is 0 Å². The molecule has 88 valence electrons. The molecule has 0 radical (unpaired) electrons. The third-order valence-corrected chi connectivity index (χ3v) is 7.46. The van der Waals surface area contributed by atoms with Gasteiger partial charge in [0.2, 0.25) is 0 Å². The van der Waals surface area contributed by atoms with E-state index in [0.29, 0.717) is 6.42 Å². The second kappa shape index (κ2) is 4.63. The van der Waals surface area contributed by atoms with Crippen molar-refractivity contribution in [3.8, 4) is 0 Å². The number of thioether (sulfide) groups is 2. The molecule has 0 bridgehead atoms. The zero-order valence-corrected chi connectivity index (χ0v) is 11.7. The van der Waals surface area contributed by atoms with Gasteiger partial charge < -0.3 is 0 Å². The minimum atomic E-state index is -2.96. The van der Waals surface area contributed by atoms with Crippen molar-refractivity contribution in [2.24, 2.45) is 0 Å². The lowest BCUT2D eigenvalue weighted by Crippen LogP contribution is -2.23. The van der Waals surface area contributed by atoms with E-state index in [-0.39, 0.29) is 10.3 Å². The predicted molar refractivity (Wildman–Crippen MR) is 72.0 cm³/mol. The molecular weight excluding hydrogens is 260 g/mol. The number of fused-ring (bicyclic) bond motifs is 1. The maximum atomic E-state index is 11.9. The number of benzene rings is 1. The highest BCUT2D eigenvalue weighted by Gasteiger charge is 2.33. The topological polar surface area (TPSA) is 34.1 Å². The molecule has 1 heterocycles. The van der Waals surface area contributed by atoms with Crippen LogP contribution in [0.15, 0.2) is 23.1 Å². The van der Waals surface area contributed by atoms with E-state index >= 15 is 0 Å². The summed E-state index contributed by atoms with van der Waals surface area (Å²) < 4.78 is 23.5. The lowest BCUT2D eigenvalue weighted by molar-refractivity contribution is 0.590. The average Bonchev–Trinajstić information content (AvgIpc) is 2.27. The van der Waals surface area contributed by atoms with E-state index in [1.165, 1.54) is 22.2 Å². The van der Waals surface area contributed by atoms with Crippen LogP contribution in [-0.2, 0) is 16.3 Å². The molecule has 0 spiro atoms. The molecular formula is C11H14O2S3. The van der Waals surface area contributed by atoms with Gasteiger partial charge in [-0.2, -0.15) is 0 Å². The molecule has 0 aliphatic carbocycles. The Morgan fingerprint density at radius 3 is 2.69 bits per heavy atom. The monoisotopic (exact) mass is 274 g/mol. The molecule has 0 fully saturated rings. The first kappa shape index (κ1) is 12.3. The maximum absolute atomic E-state index is 11.9. The van der Waals surface area contributed by atoms with E-state index in [1.54, 1.807) is 11.8 Å². The third-order valence-electron chi connectivity index (χ3n) is 2.82. The summed E-state index contributed by atoms with van der Waals surface area (Å²) in [5, 5.41) is 0. The Kier molecular flexibility index (Phi) is 3.56. The van der Waals surface area contributed by atoms with Crippen LogP contribution in [0, 0.1) is 0 Å². The molecule has 2 nitrogen and oxygen atoms in total. The summed E-state index contributed by atoms with van der Waals surface area (Å²) in [5.74, 6) is 0.281. The Bertz CT molecular complexity index is 494. The molecule has 0 N–H and O–H groups in total. The molecule has 1 unspecified atom stereocenters. The molecule has 0 saturated heterocycles. The first-order valence-corrected chi connectivity index (χ1v) is 9.23. The summed E-state index contributed by atoms with van der Waals surface area (Å²) in [6.07, 6.45) is 4.56. The summed E-state index contributed by atoms with van der Waals surface area (Å²) in [6.45, 7) is 0. The van der Waals surface area contributed by atoms with Crippen molar-refractivity contribution < 1.29 is 8.42 Å². The minimum absolute atomic E-state index is 0.281. The van der Waals surface area contributed by atoms with E-state index in [9.17, 15) is 8.42 Å². The number of hydrogen-bond acceptors (Lipinski definition) is 4. The molecule has 0 saturated carbocycles. The molecule has 1 atom stereocenters. The Labute approximate surface area is 105 Å². The summed E-state index contributed by atoms with van der Waals surface area (Å²) in [5.41, 5.74) is 2.22. The van der Waals surface area contributed by atoms with Gasteiger partial charge in [-0.3, -0.25) is 0 Å². The minimum Gasteiger partial charge on any atom is -0.227 e. The van der Waals surface area contributed by atoms with Crippen molar-refractivity contribution in [2.75, 3.05) is 18.3 Å². The Morgan fingerprint density at radius 2 is 2.06 bits per heavy atom. The average molecular weight is 274 g/mol.